The number of thiazole rings is 1. The molecule has 0 radical (unpaired) electrons. The lowest BCUT2D eigenvalue weighted by Crippen LogP contribution is -2.49. The lowest BCUT2D eigenvalue weighted by Gasteiger charge is -2.32. The van der Waals surface area contributed by atoms with Crippen LogP contribution in [0.1, 0.15) is 45.5 Å². The van der Waals surface area contributed by atoms with Crippen molar-refractivity contribution in [2.75, 3.05) is 13.2 Å². The molecule has 2 aliphatic rings. The number of carbonyl (C=O) groups excluding carboxylic acids is 1. The first-order valence-electron chi connectivity index (χ1n) is 13.6. The average molecular weight is 633 g/mol. The van der Waals surface area contributed by atoms with E-state index in [9.17, 15) is 4.79 Å². The zero-order valence-electron chi connectivity index (χ0n) is 22.6. The topological polar surface area (TPSA) is 84.2 Å². The molecule has 1 amide bonds. The normalized spacial score (nSPS) is 19.7. The number of amides is 1. The van der Waals surface area contributed by atoms with Crippen molar-refractivity contribution in [1.29, 1.82) is 0 Å². The number of nitrogens with zero attached hydrogens (tertiary/aromatic N) is 3. The predicted molar refractivity (Wildman–Crippen MR) is 162 cm³/mol. The van der Waals surface area contributed by atoms with Crippen molar-refractivity contribution >= 4 is 39.1 Å². The van der Waals surface area contributed by atoms with E-state index in [-0.39, 0.29) is 12.5 Å². The van der Waals surface area contributed by atoms with Crippen LogP contribution >= 0.6 is 27.3 Å². The molecule has 3 aromatic carbocycles. The Kier molecular flexibility index (Phi) is 7.92. The van der Waals surface area contributed by atoms with E-state index in [1.165, 1.54) is 0 Å². The van der Waals surface area contributed by atoms with Gasteiger partial charge in [0.1, 0.15) is 5.75 Å². The first kappa shape index (κ1) is 27.6. The van der Waals surface area contributed by atoms with E-state index in [1.807, 2.05) is 77.9 Å². The van der Waals surface area contributed by atoms with Crippen LogP contribution in [0.25, 0.3) is 0 Å². The summed E-state index contributed by atoms with van der Waals surface area (Å²) in [5, 5.41) is 12.0. The lowest BCUT2D eigenvalue weighted by molar-refractivity contribution is -0.140. The van der Waals surface area contributed by atoms with Crippen molar-refractivity contribution < 1.29 is 19.4 Å². The van der Waals surface area contributed by atoms with Crippen molar-refractivity contribution in [3.05, 3.63) is 116 Å². The summed E-state index contributed by atoms with van der Waals surface area (Å²) in [5.74, 6) is 1.06. The molecule has 2 atom stereocenters. The fraction of sp³-hybridized carbons (Fsp3) is 0.281. The Labute approximate surface area is 251 Å². The minimum atomic E-state index is -1.20. The van der Waals surface area contributed by atoms with Gasteiger partial charge in [0.25, 0.3) is 5.91 Å². The van der Waals surface area contributed by atoms with Crippen LogP contribution in [0.15, 0.2) is 87.6 Å². The minimum Gasteiger partial charge on any atom is -0.494 e. The molecule has 41 heavy (non-hydrogen) atoms. The number of aliphatic hydroxyl groups is 1. The Bertz CT molecular complexity index is 1570. The van der Waals surface area contributed by atoms with Gasteiger partial charge in [-0.3, -0.25) is 4.79 Å². The largest absolute Gasteiger partial charge is 0.494 e. The molecule has 0 bridgehead atoms. The molecule has 0 spiro atoms. The summed E-state index contributed by atoms with van der Waals surface area (Å²) in [7, 11) is 0. The molecule has 1 aromatic heterocycles. The Hall–Kier alpha value is -3.53. The molecule has 210 valence electrons. The van der Waals surface area contributed by atoms with E-state index >= 15 is 0 Å². The number of benzene rings is 3. The van der Waals surface area contributed by atoms with Gasteiger partial charge in [-0.25, -0.2) is 9.98 Å². The second-order valence-electron chi connectivity index (χ2n) is 10.3. The summed E-state index contributed by atoms with van der Waals surface area (Å²) < 4.78 is 13.4. The number of aromatic nitrogens is 1. The highest BCUT2D eigenvalue weighted by atomic mass is 79.9. The van der Waals surface area contributed by atoms with Crippen LogP contribution in [0.3, 0.4) is 0 Å². The molecule has 0 fully saturated rings. The molecular weight excluding hydrogens is 602 g/mol. The van der Waals surface area contributed by atoms with Crippen molar-refractivity contribution in [1.82, 2.24) is 9.88 Å². The molecule has 6 rings (SSSR count). The van der Waals surface area contributed by atoms with Crippen LogP contribution in [-0.2, 0) is 29.0 Å². The van der Waals surface area contributed by atoms with E-state index in [4.69, 9.17) is 19.6 Å². The fourth-order valence-electron chi connectivity index (χ4n) is 5.45. The van der Waals surface area contributed by atoms with Gasteiger partial charge in [0.15, 0.2) is 11.6 Å². The van der Waals surface area contributed by atoms with Crippen LogP contribution in [0.5, 0.6) is 5.75 Å². The van der Waals surface area contributed by atoms with Gasteiger partial charge in [0.2, 0.25) is 5.90 Å². The van der Waals surface area contributed by atoms with Crippen molar-refractivity contribution in [3.63, 3.8) is 0 Å². The van der Waals surface area contributed by atoms with Crippen LogP contribution in [0.2, 0.25) is 0 Å². The minimum absolute atomic E-state index is 0.0776. The molecule has 2 aliphatic heterocycles. The summed E-state index contributed by atoms with van der Waals surface area (Å²) in [6, 6.07) is 23.7. The standard InChI is InChI=1S/C32H30BrN3O4S/c1-21-34-26(20-41-21)19-36-18-24-5-2-3-6-28(24)29-32(31(36)38,17-22-7-11-25(33)12-8-22)35-30(40-29)23-9-13-27(14-10-23)39-16-4-15-37/h2-3,5-14,20,29,37H,4,15-19H2,1H3/t29-,32-/m1/s1. The van der Waals surface area contributed by atoms with Gasteiger partial charge in [0, 0.05) is 47.0 Å². The number of ether oxygens (including phenoxy) is 2. The van der Waals surface area contributed by atoms with Crippen molar-refractivity contribution in [3.8, 4) is 5.75 Å². The van der Waals surface area contributed by atoms with E-state index in [0.29, 0.717) is 44.2 Å². The van der Waals surface area contributed by atoms with Gasteiger partial charge in [-0.05, 0) is 54.4 Å². The highest BCUT2D eigenvalue weighted by molar-refractivity contribution is 9.10. The van der Waals surface area contributed by atoms with Crippen LogP contribution < -0.4 is 4.74 Å². The van der Waals surface area contributed by atoms with Gasteiger partial charge in [-0.1, -0.05) is 52.3 Å². The van der Waals surface area contributed by atoms with E-state index in [0.717, 1.165) is 37.4 Å². The third-order valence-corrected chi connectivity index (χ3v) is 8.75. The quantitative estimate of drug-likeness (QED) is 0.229. The number of hydrogen-bond donors (Lipinski definition) is 1. The second kappa shape index (κ2) is 11.8. The highest BCUT2D eigenvalue weighted by Gasteiger charge is 2.56. The summed E-state index contributed by atoms with van der Waals surface area (Å²) in [5.41, 5.74) is 3.45. The highest BCUT2D eigenvalue weighted by Crippen LogP contribution is 2.47. The number of fused-ring (bicyclic) bond motifs is 3. The predicted octanol–water partition coefficient (Wildman–Crippen LogP) is 6.02. The SMILES string of the molecule is Cc1nc(CN2Cc3ccccc3[C@H]3OC(c4ccc(OCCCO)cc4)=N[C@@]3(Cc3ccc(Br)cc3)C2=O)cs1. The number of rotatable bonds is 9. The number of aliphatic imine (C=N–C) groups is 1. The number of aryl methyl sites for hydroxylation is 1. The summed E-state index contributed by atoms with van der Waals surface area (Å²) in [4.78, 5) is 26.4. The number of aliphatic hydroxyl groups excluding tert-OH is 1. The Morgan fingerprint density at radius 3 is 2.63 bits per heavy atom. The summed E-state index contributed by atoms with van der Waals surface area (Å²) in [6.07, 6.45) is 0.361. The number of carbonyl (C=O) groups is 1. The smallest absolute Gasteiger partial charge is 0.255 e. The Morgan fingerprint density at radius 1 is 1.12 bits per heavy atom. The maximum Gasteiger partial charge on any atom is 0.255 e. The maximum absolute atomic E-state index is 14.7. The third kappa shape index (κ3) is 5.66. The molecule has 7 nitrogen and oxygen atoms in total. The summed E-state index contributed by atoms with van der Waals surface area (Å²) in [6.45, 7) is 3.35. The molecule has 1 N–H and O–H groups in total. The Balaban J connectivity index is 1.44. The molecule has 0 saturated heterocycles. The summed E-state index contributed by atoms with van der Waals surface area (Å²) >= 11 is 5.11. The van der Waals surface area contributed by atoms with Crippen LogP contribution in [0, 0.1) is 6.92 Å². The molecule has 0 unspecified atom stereocenters. The van der Waals surface area contributed by atoms with Crippen LogP contribution in [0.4, 0.5) is 0 Å². The lowest BCUT2D eigenvalue weighted by atomic mass is 9.81. The number of halogens is 1. The van der Waals surface area contributed by atoms with Gasteiger partial charge in [-0.15, -0.1) is 11.3 Å². The number of hydrogen-bond acceptors (Lipinski definition) is 7. The fourth-order valence-corrected chi connectivity index (χ4v) is 6.32. The van der Waals surface area contributed by atoms with Gasteiger partial charge < -0.3 is 19.5 Å². The van der Waals surface area contributed by atoms with E-state index in [2.05, 4.69) is 33.0 Å². The second-order valence-corrected chi connectivity index (χ2v) is 12.3. The monoisotopic (exact) mass is 631 g/mol. The van der Waals surface area contributed by atoms with Gasteiger partial charge in [-0.2, -0.15) is 0 Å². The third-order valence-electron chi connectivity index (χ3n) is 7.40. The molecule has 0 aliphatic carbocycles. The first-order chi connectivity index (χ1) is 19.9. The maximum atomic E-state index is 14.7. The van der Waals surface area contributed by atoms with Gasteiger partial charge >= 0.3 is 0 Å². The van der Waals surface area contributed by atoms with E-state index < -0.39 is 11.6 Å². The van der Waals surface area contributed by atoms with E-state index in [1.54, 1.807) is 11.3 Å². The zero-order valence-corrected chi connectivity index (χ0v) is 25.0. The van der Waals surface area contributed by atoms with Crippen LogP contribution in [-0.4, -0.2) is 45.5 Å². The van der Waals surface area contributed by atoms with Crippen molar-refractivity contribution in [2.24, 2.45) is 4.99 Å². The van der Waals surface area contributed by atoms with Crippen molar-refractivity contribution in [2.45, 2.75) is 44.5 Å². The molecule has 4 aromatic rings. The Morgan fingerprint density at radius 2 is 1.90 bits per heavy atom. The average Bonchev–Trinajstić information content (AvgIpc) is 3.56. The molecular formula is C32H30BrN3O4S. The first-order valence-corrected chi connectivity index (χ1v) is 15.3. The molecule has 3 heterocycles. The molecule has 0 saturated carbocycles. The zero-order chi connectivity index (χ0) is 28.4. The van der Waals surface area contributed by atoms with Gasteiger partial charge in [0.05, 0.1) is 23.9 Å². The molecule has 9 heteroatoms.